The predicted octanol–water partition coefficient (Wildman–Crippen LogP) is 1.96. The molecule has 1 aromatic heterocycles. The first-order chi connectivity index (χ1) is 6.74. The van der Waals surface area contributed by atoms with Gasteiger partial charge in [-0.3, -0.25) is 4.68 Å². The molecule has 0 fully saturated rings. The van der Waals surface area contributed by atoms with Crippen LogP contribution in [-0.4, -0.2) is 16.3 Å². The van der Waals surface area contributed by atoms with Gasteiger partial charge in [0.05, 0.1) is 22.8 Å². The third-order valence-electron chi connectivity index (χ3n) is 2.25. The summed E-state index contributed by atoms with van der Waals surface area (Å²) in [5, 5.41) is 6.23. The third kappa shape index (κ3) is 1.38. The number of para-hydroxylation sites is 1. The first-order valence-corrected chi connectivity index (χ1v) is 4.93. The van der Waals surface area contributed by atoms with Crippen molar-refractivity contribution in [1.82, 2.24) is 9.78 Å². The van der Waals surface area contributed by atoms with Gasteiger partial charge in [-0.15, -0.1) is 0 Å². The smallest absolute Gasteiger partial charge is 0.0871 e. The van der Waals surface area contributed by atoms with Crippen molar-refractivity contribution in [2.24, 2.45) is 5.73 Å². The lowest BCUT2D eigenvalue weighted by Crippen LogP contribution is -2.11. The fourth-order valence-electron chi connectivity index (χ4n) is 1.64. The van der Waals surface area contributed by atoms with E-state index >= 15 is 0 Å². The Morgan fingerprint density at radius 3 is 3.00 bits per heavy atom. The number of benzene rings is 1. The second-order valence-electron chi connectivity index (χ2n) is 3.23. The molecule has 0 aliphatic rings. The van der Waals surface area contributed by atoms with Crippen LogP contribution in [0.1, 0.15) is 5.69 Å². The van der Waals surface area contributed by atoms with E-state index in [1.807, 2.05) is 29.8 Å². The monoisotopic (exact) mass is 209 g/mol. The Morgan fingerprint density at radius 1 is 1.50 bits per heavy atom. The Kier molecular flexibility index (Phi) is 2.44. The maximum atomic E-state index is 6.11. The highest BCUT2D eigenvalue weighted by molar-refractivity contribution is 6.35. The maximum absolute atomic E-state index is 6.11. The fraction of sp³-hybridized carbons (Fsp3) is 0.300. The summed E-state index contributed by atoms with van der Waals surface area (Å²) < 4.78 is 1.87. The fourth-order valence-corrected chi connectivity index (χ4v) is 1.91. The predicted molar refractivity (Wildman–Crippen MR) is 58.5 cm³/mol. The number of aryl methyl sites for hydroxylation is 1. The van der Waals surface area contributed by atoms with E-state index in [0.29, 0.717) is 13.1 Å². The minimum Gasteiger partial charge on any atom is -0.329 e. The normalized spacial score (nSPS) is 11.1. The highest BCUT2D eigenvalue weighted by Gasteiger charge is 2.08. The molecular weight excluding hydrogens is 198 g/mol. The van der Waals surface area contributed by atoms with Gasteiger partial charge in [-0.1, -0.05) is 23.7 Å². The molecule has 1 heterocycles. The quantitative estimate of drug-likeness (QED) is 0.822. The Labute approximate surface area is 87.5 Å². The van der Waals surface area contributed by atoms with Gasteiger partial charge in [0.15, 0.2) is 0 Å². The van der Waals surface area contributed by atoms with Crippen molar-refractivity contribution in [3.63, 3.8) is 0 Å². The summed E-state index contributed by atoms with van der Waals surface area (Å²) in [5.74, 6) is 0. The molecule has 0 saturated carbocycles. The molecular formula is C10H12ClN3. The molecule has 0 aliphatic carbocycles. The van der Waals surface area contributed by atoms with Crippen LogP contribution in [0, 0.1) is 6.92 Å². The second kappa shape index (κ2) is 3.59. The molecule has 4 heteroatoms. The Morgan fingerprint density at radius 2 is 2.29 bits per heavy atom. The number of fused-ring (bicyclic) bond motifs is 1. The average molecular weight is 210 g/mol. The van der Waals surface area contributed by atoms with Gasteiger partial charge in [-0.25, -0.2) is 0 Å². The largest absolute Gasteiger partial charge is 0.329 e. The second-order valence-corrected chi connectivity index (χ2v) is 3.64. The standard InChI is InChI=1S/C10H12ClN3/c1-7-8-3-2-4-9(11)10(8)14(13-7)6-5-12/h2-4H,5-6,12H2,1H3. The van der Waals surface area contributed by atoms with E-state index in [-0.39, 0.29) is 0 Å². The molecule has 14 heavy (non-hydrogen) atoms. The molecule has 2 N–H and O–H groups in total. The van der Waals surface area contributed by atoms with Gasteiger partial charge < -0.3 is 5.73 Å². The zero-order chi connectivity index (χ0) is 10.1. The molecule has 0 spiro atoms. The van der Waals surface area contributed by atoms with Crippen LogP contribution in [0.5, 0.6) is 0 Å². The van der Waals surface area contributed by atoms with Gasteiger partial charge in [0.1, 0.15) is 0 Å². The van der Waals surface area contributed by atoms with Crippen LogP contribution in [0.15, 0.2) is 18.2 Å². The molecule has 0 amide bonds. The van der Waals surface area contributed by atoms with Gasteiger partial charge >= 0.3 is 0 Å². The Bertz CT molecular complexity index is 462. The lowest BCUT2D eigenvalue weighted by Gasteiger charge is -2.01. The van der Waals surface area contributed by atoms with E-state index in [2.05, 4.69) is 5.10 Å². The van der Waals surface area contributed by atoms with Crippen LogP contribution < -0.4 is 5.73 Å². The van der Waals surface area contributed by atoms with E-state index in [4.69, 9.17) is 17.3 Å². The van der Waals surface area contributed by atoms with Gasteiger partial charge in [-0.05, 0) is 13.0 Å². The van der Waals surface area contributed by atoms with Crippen LogP contribution in [0.3, 0.4) is 0 Å². The van der Waals surface area contributed by atoms with Crippen LogP contribution in [0.25, 0.3) is 10.9 Å². The topological polar surface area (TPSA) is 43.8 Å². The van der Waals surface area contributed by atoms with Crippen LogP contribution in [0.4, 0.5) is 0 Å². The number of nitrogens with zero attached hydrogens (tertiary/aromatic N) is 2. The molecule has 2 rings (SSSR count). The van der Waals surface area contributed by atoms with E-state index in [0.717, 1.165) is 21.6 Å². The average Bonchev–Trinajstić information content (AvgIpc) is 2.46. The number of rotatable bonds is 2. The van der Waals surface area contributed by atoms with Gasteiger partial charge in [0.25, 0.3) is 0 Å². The zero-order valence-corrected chi connectivity index (χ0v) is 8.75. The Balaban J connectivity index is 2.72. The van der Waals surface area contributed by atoms with Gasteiger partial charge in [0.2, 0.25) is 0 Å². The van der Waals surface area contributed by atoms with E-state index in [1.54, 1.807) is 0 Å². The van der Waals surface area contributed by atoms with Gasteiger partial charge in [-0.2, -0.15) is 5.10 Å². The summed E-state index contributed by atoms with van der Waals surface area (Å²) in [4.78, 5) is 0. The Hall–Kier alpha value is -1.06. The number of halogens is 1. The van der Waals surface area contributed by atoms with Crippen molar-refractivity contribution in [3.8, 4) is 0 Å². The first kappa shape index (κ1) is 9.49. The van der Waals surface area contributed by atoms with E-state index < -0.39 is 0 Å². The molecule has 0 radical (unpaired) electrons. The van der Waals surface area contributed by atoms with Crippen molar-refractivity contribution in [3.05, 3.63) is 28.9 Å². The summed E-state index contributed by atoms with van der Waals surface area (Å²) >= 11 is 6.11. The maximum Gasteiger partial charge on any atom is 0.0871 e. The van der Waals surface area contributed by atoms with Crippen LogP contribution in [-0.2, 0) is 6.54 Å². The van der Waals surface area contributed by atoms with E-state index in [9.17, 15) is 0 Å². The van der Waals surface area contributed by atoms with Crippen LogP contribution >= 0.6 is 11.6 Å². The summed E-state index contributed by atoms with van der Waals surface area (Å²) in [5.41, 5.74) is 7.49. The van der Waals surface area contributed by atoms with Crippen molar-refractivity contribution in [2.75, 3.05) is 6.54 Å². The minimum absolute atomic E-state index is 0.571. The summed E-state index contributed by atoms with van der Waals surface area (Å²) in [6.45, 7) is 3.25. The number of hydrogen-bond donors (Lipinski definition) is 1. The molecule has 0 atom stereocenters. The first-order valence-electron chi connectivity index (χ1n) is 4.55. The molecule has 1 aromatic carbocycles. The SMILES string of the molecule is Cc1nn(CCN)c2c(Cl)cccc12. The lowest BCUT2D eigenvalue weighted by atomic mass is 10.2. The molecule has 0 unspecified atom stereocenters. The minimum atomic E-state index is 0.571. The molecule has 2 aromatic rings. The number of nitrogens with two attached hydrogens (primary N) is 1. The molecule has 0 aliphatic heterocycles. The molecule has 74 valence electrons. The summed E-state index contributed by atoms with van der Waals surface area (Å²) in [7, 11) is 0. The molecule has 0 bridgehead atoms. The van der Waals surface area contributed by atoms with Crippen molar-refractivity contribution in [1.29, 1.82) is 0 Å². The van der Waals surface area contributed by atoms with Crippen molar-refractivity contribution in [2.45, 2.75) is 13.5 Å². The van der Waals surface area contributed by atoms with Gasteiger partial charge in [0, 0.05) is 11.9 Å². The number of hydrogen-bond acceptors (Lipinski definition) is 2. The van der Waals surface area contributed by atoms with Crippen LogP contribution in [0.2, 0.25) is 5.02 Å². The highest BCUT2D eigenvalue weighted by atomic mass is 35.5. The van der Waals surface area contributed by atoms with E-state index in [1.165, 1.54) is 0 Å². The van der Waals surface area contributed by atoms with Crippen molar-refractivity contribution < 1.29 is 0 Å². The zero-order valence-electron chi connectivity index (χ0n) is 8.00. The lowest BCUT2D eigenvalue weighted by molar-refractivity contribution is 0.640. The summed E-state index contributed by atoms with van der Waals surface area (Å²) in [6, 6.07) is 5.83. The molecule has 0 saturated heterocycles. The third-order valence-corrected chi connectivity index (χ3v) is 2.55. The number of aromatic nitrogens is 2. The molecule has 3 nitrogen and oxygen atoms in total. The highest BCUT2D eigenvalue weighted by Crippen LogP contribution is 2.25. The summed E-state index contributed by atoms with van der Waals surface area (Å²) in [6.07, 6.45) is 0. The van der Waals surface area contributed by atoms with Crippen molar-refractivity contribution >= 4 is 22.5 Å².